The topological polar surface area (TPSA) is 52.6 Å². The number of urea groups is 1. The van der Waals surface area contributed by atoms with Crippen LogP contribution < -0.4 is 5.32 Å². The van der Waals surface area contributed by atoms with Crippen LogP contribution in [-0.2, 0) is 0 Å². The SMILES string of the molecule is CC(c1ccccc1)N(C)C(=O)NCC(CCO)c1ccccc1. The summed E-state index contributed by atoms with van der Waals surface area (Å²) in [6, 6.07) is 19.8. The van der Waals surface area contributed by atoms with Crippen molar-refractivity contribution in [2.45, 2.75) is 25.3 Å². The highest BCUT2D eigenvalue weighted by molar-refractivity contribution is 5.74. The lowest BCUT2D eigenvalue weighted by Crippen LogP contribution is -2.40. The highest BCUT2D eigenvalue weighted by atomic mass is 16.3. The van der Waals surface area contributed by atoms with E-state index in [1.54, 1.807) is 11.9 Å². The molecule has 128 valence electrons. The Morgan fingerprint density at radius 1 is 1.04 bits per heavy atom. The van der Waals surface area contributed by atoms with Gasteiger partial charge in [-0.25, -0.2) is 4.79 Å². The average molecular weight is 326 g/mol. The van der Waals surface area contributed by atoms with Crippen LogP contribution in [-0.4, -0.2) is 36.2 Å². The molecule has 0 saturated carbocycles. The molecule has 0 heterocycles. The first-order valence-electron chi connectivity index (χ1n) is 8.35. The Morgan fingerprint density at radius 2 is 1.58 bits per heavy atom. The zero-order valence-corrected chi connectivity index (χ0v) is 14.4. The predicted molar refractivity (Wildman–Crippen MR) is 96.9 cm³/mol. The van der Waals surface area contributed by atoms with E-state index >= 15 is 0 Å². The molecule has 2 amide bonds. The molecule has 2 atom stereocenters. The minimum absolute atomic E-state index is 0.000725. The maximum Gasteiger partial charge on any atom is 0.317 e. The summed E-state index contributed by atoms with van der Waals surface area (Å²) >= 11 is 0. The Balaban J connectivity index is 1.95. The fourth-order valence-electron chi connectivity index (χ4n) is 2.73. The van der Waals surface area contributed by atoms with Gasteiger partial charge in [-0.1, -0.05) is 60.7 Å². The molecule has 2 aromatic rings. The number of carbonyl (C=O) groups excluding carboxylic acids is 1. The van der Waals surface area contributed by atoms with Gasteiger partial charge in [0.2, 0.25) is 0 Å². The van der Waals surface area contributed by atoms with Gasteiger partial charge in [0.25, 0.3) is 0 Å². The van der Waals surface area contributed by atoms with Gasteiger partial charge >= 0.3 is 6.03 Å². The van der Waals surface area contributed by atoms with Crippen molar-refractivity contribution in [3.05, 3.63) is 71.8 Å². The molecule has 2 rings (SSSR count). The van der Waals surface area contributed by atoms with E-state index in [9.17, 15) is 9.90 Å². The van der Waals surface area contributed by atoms with Crippen LogP contribution in [0.1, 0.15) is 36.4 Å². The number of nitrogens with zero attached hydrogens (tertiary/aromatic N) is 1. The molecule has 24 heavy (non-hydrogen) atoms. The smallest absolute Gasteiger partial charge is 0.317 e. The summed E-state index contributed by atoms with van der Waals surface area (Å²) in [6.07, 6.45) is 0.627. The largest absolute Gasteiger partial charge is 0.396 e. The van der Waals surface area contributed by atoms with Gasteiger partial charge in [0, 0.05) is 26.1 Å². The van der Waals surface area contributed by atoms with E-state index in [0.29, 0.717) is 13.0 Å². The molecule has 0 radical (unpaired) electrons. The van der Waals surface area contributed by atoms with Gasteiger partial charge in [0.1, 0.15) is 0 Å². The summed E-state index contributed by atoms with van der Waals surface area (Å²) in [6.45, 7) is 2.62. The van der Waals surface area contributed by atoms with E-state index in [1.165, 1.54) is 0 Å². The molecule has 2 unspecified atom stereocenters. The van der Waals surface area contributed by atoms with E-state index < -0.39 is 0 Å². The molecule has 0 bridgehead atoms. The van der Waals surface area contributed by atoms with Gasteiger partial charge in [-0.2, -0.15) is 0 Å². The van der Waals surface area contributed by atoms with Crippen LogP contribution in [0.2, 0.25) is 0 Å². The first-order valence-corrected chi connectivity index (χ1v) is 8.35. The fraction of sp³-hybridized carbons (Fsp3) is 0.350. The Bertz CT molecular complexity index is 616. The maximum absolute atomic E-state index is 12.5. The molecule has 2 N–H and O–H groups in total. The Labute approximate surface area is 144 Å². The molecule has 4 heteroatoms. The quantitative estimate of drug-likeness (QED) is 0.817. The first-order chi connectivity index (χ1) is 11.6. The fourth-order valence-corrected chi connectivity index (χ4v) is 2.73. The van der Waals surface area contributed by atoms with Crippen molar-refractivity contribution in [1.82, 2.24) is 10.2 Å². The lowest BCUT2D eigenvalue weighted by atomic mass is 9.96. The minimum Gasteiger partial charge on any atom is -0.396 e. The lowest BCUT2D eigenvalue weighted by Gasteiger charge is -2.27. The number of aliphatic hydroxyl groups excluding tert-OH is 1. The average Bonchev–Trinajstić information content (AvgIpc) is 2.65. The second kappa shape index (κ2) is 9.08. The summed E-state index contributed by atoms with van der Waals surface area (Å²) < 4.78 is 0. The van der Waals surface area contributed by atoms with Crippen LogP contribution in [0, 0.1) is 0 Å². The van der Waals surface area contributed by atoms with Crippen molar-refractivity contribution in [3.63, 3.8) is 0 Å². The Hall–Kier alpha value is -2.33. The summed E-state index contributed by atoms with van der Waals surface area (Å²) in [4.78, 5) is 14.2. The van der Waals surface area contributed by atoms with Crippen molar-refractivity contribution in [1.29, 1.82) is 0 Å². The van der Waals surface area contributed by atoms with Crippen LogP contribution in [0.3, 0.4) is 0 Å². The van der Waals surface area contributed by atoms with Gasteiger partial charge < -0.3 is 15.3 Å². The highest BCUT2D eigenvalue weighted by Gasteiger charge is 2.19. The molecule has 0 fully saturated rings. The Morgan fingerprint density at radius 3 is 2.12 bits per heavy atom. The normalized spacial score (nSPS) is 13.1. The second-order valence-corrected chi connectivity index (χ2v) is 6.00. The number of rotatable bonds is 7. The second-order valence-electron chi connectivity index (χ2n) is 6.00. The van der Waals surface area contributed by atoms with E-state index in [4.69, 9.17) is 0 Å². The van der Waals surface area contributed by atoms with Crippen molar-refractivity contribution in [2.75, 3.05) is 20.2 Å². The standard InChI is InChI=1S/C20H26N2O2/c1-16(17-9-5-3-6-10-17)22(2)20(24)21-15-19(13-14-23)18-11-7-4-8-12-18/h3-12,16,19,23H,13-15H2,1-2H3,(H,21,24). The number of hydrogen-bond acceptors (Lipinski definition) is 2. The van der Waals surface area contributed by atoms with Crippen LogP contribution in [0.15, 0.2) is 60.7 Å². The molecule has 0 aliphatic heterocycles. The van der Waals surface area contributed by atoms with Gasteiger partial charge in [-0.3, -0.25) is 0 Å². The number of benzene rings is 2. The number of aliphatic hydroxyl groups is 1. The monoisotopic (exact) mass is 326 g/mol. The number of carbonyl (C=O) groups is 1. The van der Waals surface area contributed by atoms with Crippen LogP contribution in [0.25, 0.3) is 0 Å². The first kappa shape index (κ1) is 18.0. The van der Waals surface area contributed by atoms with Gasteiger partial charge in [-0.15, -0.1) is 0 Å². The molecular weight excluding hydrogens is 300 g/mol. The third-order valence-electron chi connectivity index (χ3n) is 4.43. The molecular formula is C20H26N2O2. The zero-order valence-electron chi connectivity index (χ0n) is 14.4. The van der Waals surface area contributed by atoms with E-state index in [2.05, 4.69) is 5.32 Å². The highest BCUT2D eigenvalue weighted by Crippen LogP contribution is 2.20. The van der Waals surface area contributed by atoms with Crippen LogP contribution in [0.5, 0.6) is 0 Å². The summed E-state index contributed by atoms with van der Waals surface area (Å²) in [5.41, 5.74) is 2.23. The molecule has 0 aliphatic carbocycles. The summed E-state index contributed by atoms with van der Waals surface area (Å²) in [5.74, 6) is 0.112. The molecule has 0 aromatic heterocycles. The van der Waals surface area contributed by atoms with Crippen molar-refractivity contribution in [3.8, 4) is 0 Å². The van der Waals surface area contributed by atoms with Crippen molar-refractivity contribution < 1.29 is 9.90 Å². The molecule has 0 aliphatic rings. The van der Waals surface area contributed by atoms with E-state index in [1.807, 2.05) is 67.6 Å². The van der Waals surface area contributed by atoms with Crippen LogP contribution in [0.4, 0.5) is 4.79 Å². The zero-order chi connectivity index (χ0) is 17.4. The Kier molecular flexibility index (Phi) is 6.82. The summed E-state index contributed by atoms with van der Waals surface area (Å²) in [5, 5.41) is 12.3. The minimum atomic E-state index is -0.106. The van der Waals surface area contributed by atoms with E-state index in [-0.39, 0.29) is 24.6 Å². The van der Waals surface area contributed by atoms with Crippen molar-refractivity contribution >= 4 is 6.03 Å². The molecule has 2 aromatic carbocycles. The number of hydrogen-bond donors (Lipinski definition) is 2. The third-order valence-corrected chi connectivity index (χ3v) is 4.43. The number of amides is 2. The molecule has 0 saturated heterocycles. The van der Waals surface area contributed by atoms with Crippen LogP contribution >= 0.6 is 0 Å². The molecule has 4 nitrogen and oxygen atoms in total. The number of nitrogens with one attached hydrogen (secondary N) is 1. The predicted octanol–water partition coefficient (Wildman–Crippen LogP) is 3.56. The van der Waals surface area contributed by atoms with Gasteiger partial charge in [0.15, 0.2) is 0 Å². The van der Waals surface area contributed by atoms with E-state index in [0.717, 1.165) is 11.1 Å². The summed E-state index contributed by atoms with van der Waals surface area (Å²) in [7, 11) is 1.80. The third kappa shape index (κ3) is 4.83. The van der Waals surface area contributed by atoms with Gasteiger partial charge in [-0.05, 0) is 24.5 Å². The maximum atomic E-state index is 12.5. The molecule has 0 spiro atoms. The van der Waals surface area contributed by atoms with Gasteiger partial charge in [0.05, 0.1) is 6.04 Å². The lowest BCUT2D eigenvalue weighted by molar-refractivity contribution is 0.192. The van der Waals surface area contributed by atoms with Crippen molar-refractivity contribution in [2.24, 2.45) is 0 Å².